The van der Waals surface area contributed by atoms with Crippen LogP contribution < -0.4 is 9.47 Å². The van der Waals surface area contributed by atoms with Gasteiger partial charge in [-0.05, 0) is 0 Å². The number of carbonyl (C=O) groups excluding carboxylic acids is 2. The number of carbonyl (C=O) groups is 2. The summed E-state index contributed by atoms with van der Waals surface area (Å²) in [6.07, 6.45) is -0.538. The van der Waals surface area contributed by atoms with E-state index in [1.807, 2.05) is 48.5 Å². The van der Waals surface area contributed by atoms with Crippen molar-refractivity contribution in [3.05, 3.63) is 48.5 Å². The van der Waals surface area contributed by atoms with E-state index in [0.717, 1.165) is 21.5 Å². The number of esters is 2. The molecule has 36 heavy (non-hydrogen) atoms. The highest BCUT2D eigenvalue weighted by atomic mass is 16.6. The molecule has 8 heteroatoms. The minimum absolute atomic E-state index is 0.136. The van der Waals surface area contributed by atoms with Gasteiger partial charge in [0.25, 0.3) is 0 Å². The van der Waals surface area contributed by atoms with Gasteiger partial charge in [0.1, 0.15) is 24.7 Å². The molecule has 0 N–H and O–H groups in total. The molecule has 0 heterocycles. The van der Waals surface area contributed by atoms with Crippen LogP contribution in [-0.2, 0) is 28.5 Å². The topological polar surface area (TPSA) is 89.5 Å². The van der Waals surface area contributed by atoms with Crippen LogP contribution in [0.1, 0.15) is 26.7 Å². The summed E-state index contributed by atoms with van der Waals surface area (Å²) in [5.74, 6) is 0.697. The molecule has 3 rings (SSSR count). The second-order valence-electron chi connectivity index (χ2n) is 8.21. The molecule has 0 saturated carbocycles. The van der Waals surface area contributed by atoms with Crippen molar-refractivity contribution in [2.75, 3.05) is 40.6 Å². The van der Waals surface area contributed by atoms with Gasteiger partial charge in [0.15, 0.2) is 12.2 Å². The molecule has 0 aromatic heterocycles. The van der Waals surface area contributed by atoms with Gasteiger partial charge < -0.3 is 28.4 Å². The minimum Gasteiger partial charge on any atom is -0.488 e. The first-order valence-electron chi connectivity index (χ1n) is 12.1. The Labute approximate surface area is 211 Å². The first-order chi connectivity index (χ1) is 17.5. The maximum Gasteiger partial charge on any atom is 0.305 e. The quantitative estimate of drug-likeness (QED) is 0.234. The number of hydrogen-bond donors (Lipinski definition) is 0. The number of benzene rings is 3. The average Bonchev–Trinajstić information content (AvgIpc) is 2.90. The van der Waals surface area contributed by atoms with Crippen LogP contribution in [-0.4, -0.2) is 64.8 Å². The van der Waals surface area contributed by atoms with Crippen LogP contribution in [0.3, 0.4) is 0 Å². The van der Waals surface area contributed by atoms with Crippen molar-refractivity contribution in [2.45, 2.75) is 38.9 Å². The predicted molar refractivity (Wildman–Crippen MR) is 137 cm³/mol. The molecule has 3 aromatic rings. The molecule has 8 nitrogen and oxygen atoms in total. The highest BCUT2D eigenvalue weighted by Gasteiger charge is 2.21. The lowest BCUT2D eigenvalue weighted by Gasteiger charge is -2.22. The van der Waals surface area contributed by atoms with Gasteiger partial charge in [-0.2, -0.15) is 0 Å². The highest BCUT2D eigenvalue weighted by molar-refractivity contribution is 6.11. The number of fused-ring (bicyclic) bond motifs is 2. The molecule has 2 atom stereocenters. The van der Waals surface area contributed by atoms with E-state index < -0.39 is 12.2 Å². The van der Waals surface area contributed by atoms with E-state index in [1.54, 1.807) is 28.1 Å². The normalized spacial score (nSPS) is 12.8. The van der Waals surface area contributed by atoms with Crippen molar-refractivity contribution in [1.29, 1.82) is 0 Å². The summed E-state index contributed by atoms with van der Waals surface area (Å²) < 4.78 is 33.9. The van der Waals surface area contributed by atoms with Crippen LogP contribution in [0.4, 0.5) is 0 Å². The van der Waals surface area contributed by atoms with E-state index in [2.05, 4.69) is 0 Å². The fraction of sp³-hybridized carbons (Fsp3) is 0.429. The molecular weight excluding hydrogens is 464 g/mol. The van der Waals surface area contributed by atoms with Crippen molar-refractivity contribution in [3.8, 4) is 11.5 Å². The average molecular weight is 499 g/mol. The van der Waals surface area contributed by atoms with E-state index in [4.69, 9.17) is 28.4 Å². The van der Waals surface area contributed by atoms with Gasteiger partial charge in [-0.1, -0.05) is 62.4 Å². The molecule has 0 saturated heterocycles. The maximum atomic E-state index is 11.8. The molecular formula is C28H34O8. The minimum atomic E-state index is -0.543. The van der Waals surface area contributed by atoms with Crippen LogP contribution in [0.5, 0.6) is 11.5 Å². The summed E-state index contributed by atoms with van der Waals surface area (Å²) in [5, 5.41) is 3.38. The SMILES string of the molecule is CCC(=O)OC(COC)COc1c2ccccc2c(OCC(COC)OC(=O)CC)c2ccccc12. The summed E-state index contributed by atoms with van der Waals surface area (Å²) in [7, 11) is 3.11. The van der Waals surface area contributed by atoms with E-state index in [-0.39, 0.29) is 51.2 Å². The summed E-state index contributed by atoms with van der Waals surface area (Å²) in [5.41, 5.74) is 0. The molecule has 0 aliphatic carbocycles. The van der Waals surface area contributed by atoms with Crippen LogP contribution >= 0.6 is 0 Å². The Kier molecular flexibility index (Phi) is 10.3. The highest BCUT2D eigenvalue weighted by Crippen LogP contribution is 2.42. The standard InChI is InChI=1S/C28H34O8/c1-5-25(29)35-19(15-31-3)17-33-27-21-11-7-9-13-23(21)28(24-14-10-8-12-22(24)27)34-18-20(16-32-4)36-26(30)6-2/h7-14,19-20H,5-6,15-18H2,1-4H3. The molecule has 3 aromatic carbocycles. The van der Waals surface area contributed by atoms with Gasteiger partial charge >= 0.3 is 11.9 Å². The lowest BCUT2D eigenvalue weighted by Crippen LogP contribution is -2.29. The number of ether oxygens (including phenoxy) is 6. The van der Waals surface area contributed by atoms with Crippen molar-refractivity contribution in [2.24, 2.45) is 0 Å². The summed E-state index contributed by atoms with van der Waals surface area (Å²) in [6, 6.07) is 15.5. The van der Waals surface area contributed by atoms with Crippen molar-refractivity contribution in [1.82, 2.24) is 0 Å². The zero-order chi connectivity index (χ0) is 25.9. The lowest BCUT2D eigenvalue weighted by molar-refractivity contribution is -0.153. The lowest BCUT2D eigenvalue weighted by atomic mass is 10.0. The summed E-state index contributed by atoms with van der Waals surface area (Å²) >= 11 is 0. The van der Waals surface area contributed by atoms with Gasteiger partial charge in [-0.25, -0.2) is 0 Å². The fourth-order valence-corrected chi connectivity index (χ4v) is 3.85. The van der Waals surface area contributed by atoms with Crippen LogP contribution in [0.15, 0.2) is 48.5 Å². The van der Waals surface area contributed by atoms with E-state index in [1.165, 1.54) is 0 Å². The Morgan fingerprint density at radius 2 is 0.944 bits per heavy atom. The summed E-state index contributed by atoms with van der Waals surface area (Å²) in [4.78, 5) is 23.7. The van der Waals surface area contributed by atoms with Gasteiger partial charge in [0.2, 0.25) is 0 Å². The molecule has 0 aliphatic rings. The third-order valence-electron chi connectivity index (χ3n) is 5.54. The Balaban J connectivity index is 1.97. The van der Waals surface area contributed by atoms with Crippen LogP contribution in [0.2, 0.25) is 0 Å². The zero-order valence-corrected chi connectivity index (χ0v) is 21.3. The van der Waals surface area contributed by atoms with Gasteiger partial charge in [-0.15, -0.1) is 0 Å². The second-order valence-corrected chi connectivity index (χ2v) is 8.21. The Hall–Kier alpha value is -3.36. The molecule has 2 unspecified atom stereocenters. The third kappa shape index (κ3) is 6.86. The monoisotopic (exact) mass is 498 g/mol. The fourth-order valence-electron chi connectivity index (χ4n) is 3.85. The first-order valence-corrected chi connectivity index (χ1v) is 12.1. The van der Waals surface area contributed by atoms with Crippen molar-refractivity contribution < 1.29 is 38.0 Å². The smallest absolute Gasteiger partial charge is 0.305 e. The Morgan fingerprint density at radius 1 is 0.611 bits per heavy atom. The summed E-state index contributed by atoms with van der Waals surface area (Å²) in [6.45, 7) is 4.20. The third-order valence-corrected chi connectivity index (χ3v) is 5.54. The van der Waals surface area contributed by atoms with Crippen LogP contribution in [0, 0.1) is 0 Å². The Bertz CT molecular complexity index is 1010. The van der Waals surface area contributed by atoms with E-state index in [0.29, 0.717) is 11.5 Å². The molecule has 0 radical (unpaired) electrons. The number of methoxy groups -OCH3 is 2. The van der Waals surface area contributed by atoms with E-state index >= 15 is 0 Å². The van der Waals surface area contributed by atoms with Crippen molar-refractivity contribution in [3.63, 3.8) is 0 Å². The Morgan fingerprint density at radius 3 is 1.22 bits per heavy atom. The zero-order valence-electron chi connectivity index (χ0n) is 21.3. The number of hydrogen-bond acceptors (Lipinski definition) is 8. The maximum absolute atomic E-state index is 11.8. The predicted octanol–water partition coefficient (Wildman–Crippen LogP) is 4.69. The first kappa shape index (κ1) is 27.2. The van der Waals surface area contributed by atoms with Gasteiger partial charge in [-0.3, -0.25) is 9.59 Å². The largest absolute Gasteiger partial charge is 0.488 e. The van der Waals surface area contributed by atoms with Gasteiger partial charge in [0.05, 0.1) is 13.2 Å². The second kappa shape index (κ2) is 13.7. The molecule has 194 valence electrons. The molecule has 0 aliphatic heterocycles. The van der Waals surface area contributed by atoms with Crippen LogP contribution in [0.25, 0.3) is 21.5 Å². The molecule has 0 spiro atoms. The number of rotatable bonds is 14. The van der Waals surface area contributed by atoms with Gasteiger partial charge in [0, 0.05) is 48.6 Å². The molecule has 0 fully saturated rings. The molecule has 0 bridgehead atoms. The molecule has 0 amide bonds. The van der Waals surface area contributed by atoms with E-state index in [9.17, 15) is 9.59 Å². The van der Waals surface area contributed by atoms with Crippen molar-refractivity contribution >= 4 is 33.5 Å².